The number of amides is 1. The average molecular weight is 315 g/mol. The van der Waals surface area contributed by atoms with Gasteiger partial charge in [0.15, 0.2) is 5.65 Å². The SMILES string of the molecule is N=Cn1c(=N)cnc2[nH]cc(C(=O)N[C@H]3CC[C@H](CN)CC3)c21. The molecule has 1 fully saturated rings. The van der Waals surface area contributed by atoms with Gasteiger partial charge in [-0.25, -0.2) is 4.98 Å². The zero-order valence-electron chi connectivity index (χ0n) is 12.8. The molecule has 0 unspecified atom stereocenters. The Morgan fingerprint density at radius 2 is 2.22 bits per heavy atom. The smallest absolute Gasteiger partial charge is 0.255 e. The first-order valence-electron chi connectivity index (χ1n) is 7.78. The molecule has 1 aliphatic carbocycles. The topological polar surface area (TPSA) is 136 Å². The van der Waals surface area contributed by atoms with Crippen molar-refractivity contribution in [2.75, 3.05) is 6.54 Å². The number of nitrogens with two attached hydrogens (primary N) is 1. The largest absolute Gasteiger partial charge is 0.349 e. The van der Waals surface area contributed by atoms with E-state index < -0.39 is 0 Å². The maximum absolute atomic E-state index is 12.6. The molecule has 0 aromatic carbocycles. The maximum Gasteiger partial charge on any atom is 0.255 e. The molecule has 8 heteroatoms. The minimum atomic E-state index is -0.199. The van der Waals surface area contributed by atoms with E-state index in [4.69, 9.17) is 16.6 Å². The van der Waals surface area contributed by atoms with Crippen LogP contribution in [0.4, 0.5) is 0 Å². The Morgan fingerprint density at radius 1 is 1.48 bits per heavy atom. The number of carbonyl (C=O) groups excluding carboxylic acids is 1. The molecular formula is C15H21N7O. The minimum Gasteiger partial charge on any atom is -0.349 e. The second-order valence-corrected chi connectivity index (χ2v) is 5.97. The third kappa shape index (κ3) is 2.89. The summed E-state index contributed by atoms with van der Waals surface area (Å²) in [6.45, 7) is 0.709. The summed E-state index contributed by atoms with van der Waals surface area (Å²) in [5, 5.41) is 18.3. The number of hydrogen-bond acceptors (Lipinski definition) is 5. The molecule has 8 nitrogen and oxygen atoms in total. The second-order valence-electron chi connectivity index (χ2n) is 5.97. The van der Waals surface area contributed by atoms with E-state index in [9.17, 15) is 4.79 Å². The second kappa shape index (κ2) is 6.33. The molecule has 0 atom stereocenters. The molecule has 6 N–H and O–H groups in total. The molecule has 0 spiro atoms. The van der Waals surface area contributed by atoms with Crippen LogP contribution in [0, 0.1) is 16.7 Å². The lowest BCUT2D eigenvalue weighted by atomic mass is 9.86. The van der Waals surface area contributed by atoms with Gasteiger partial charge in [0.25, 0.3) is 5.91 Å². The van der Waals surface area contributed by atoms with E-state index in [2.05, 4.69) is 15.3 Å². The van der Waals surface area contributed by atoms with Gasteiger partial charge >= 0.3 is 0 Å². The van der Waals surface area contributed by atoms with Crippen LogP contribution in [-0.2, 0) is 0 Å². The molecule has 2 heterocycles. The first-order chi connectivity index (χ1) is 11.1. The van der Waals surface area contributed by atoms with Crippen LogP contribution in [0.3, 0.4) is 0 Å². The van der Waals surface area contributed by atoms with Gasteiger partial charge < -0.3 is 16.0 Å². The Bertz CT molecular complexity index is 783. The third-order valence-corrected chi connectivity index (χ3v) is 4.54. The quantitative estimate of drug-likeness (QED) is 0.416. The fourth-order valence-corrected chi connectivity index (χ4v) is 3.17. The lowest BCUT2D eigenvalue weighted by Gasteiger charge is -2.28. The van der Waals surface area contributed by atoms with Gasteiger partial charge in [0.05, 0.1) is 18.1 Å². The van der Waals surface area contributed by atoms with E-state index in [1.165, 1.54) is 10.8 Å². The predicted molar refractivity (Wildman–Crippen MR) is 86.4 cm³/mol. The van der Waals surface area contributed by atoms with Crippen LogP contribution in [0.1, 0.15) is 36.0 Å². The fourth-order valence-electron chi connectivity index (χ4n) is 3.17. The summed E-state index contributed by atoms with van der Waals surface area (Å²) < 4.78 is 1.33. The van der Waals surface area contributed by atoms with E-state index in [-0.39, 0.29) is 17.4 Å². The molecule has 2 aromatic rings. The minimum absolute atomic E-state index is 0.0598. The van der Waals surface area contributed by atoms with Crippen molar-refractivity contribution >= 4 is 23.4 Å². The van der Waals surface area contributed by atoms with Gasteiger partial charge in [-0.3, -0.25) is 20.2 Å². The van der Waals surface area contributed by atoms with Crippen LogP contribution in [0.2, 0.25) is 0 Å². The van der Waals surface area contributed by atoms with Crippen molar-refractivity contribution in [1.82, 2.24) is 19.9 Å². The first-order valence-corrected chi connectivity index (χ1v) is 7.78. The first kappa shape index (κ1) is 15.4. The summed E-state index contributed by atoms with van der Waals surface area (Å²) in [5.41, 5.74) is 7.11. The highest BCUT2D eigenvalue weighted by molar-refractivity contribution is 6.05. The molecule has 1 saturated carbocycles. The number of H-pyrrole nitrogens is 1. The molecule has 1 amide bonds. The number of nitrogens with zero attached hydrogens (tertiary/aromatic N) is 2. The number of rotatable bonds is 4. The summed E-state index contributed by atoms with van der Waals surface area (Å²) in [4.78, 5) is 19.6. The van der Waals surface area contributed by atoms with Gasteiger partial charge in [-0.2, -0.15) is 0 Å². The fraction of sp³-hybridized carbons (Fsp3) is 0.467. The Kier molecular flexibility index (Phi) is 4.24. The van der Waals surface area contributed by atoms with Crippen LogP contribution >= 0.6 is 0 Å². The summed E-state index contributed by atoms with van der Waals surface area (Å²) in [5.74, 6) is 0.363. The molecule has 0 aliphatic heterocycles. The lowest BCUT2D eigenvalue weighted by molar-refractivity contribution is 0.0924. The number of carbonyl (C=O) groups is 1. The molecule has 0 saturated heterocycles. The van der Waals surface area contributed by atoms with Crippen molar-refractivity contribution in [3.63, 3.8) is 0 Å². The highest BCUT2D eigenvalue weighted by Crippen LogP contribution is 2.24. The van der Waals surface area contributed by atoms with Crippen molar-refractivity contribution in [1.29, 1.82) is 10.8 Å². The highest BCUT2D eigenvalue weighted by atomic mass is 16.1. The van der Waals surface area contributed by atoms with E-state index in [1.807, 2.05) is 0 Å². The molecule has 0 bridgehead atoms. The van der Waals surface area contributed by atoms with E-state index in [0.717, 1.165) is 32.0 Å². The summed E-state index contributed by atoms with van der Waals surface area (Å²) in [7, 11) is 0. The molecular weight excluding hydrogens is 294 g/mol. The summed E-state index contributed by atoms with van der Waals surface area (Å²) >= 11 is 0. The zero-order chi connectivity index (χ0) is 16.4. The van der Waals surface area contributed by atoms with Crippen molar-refractivity contribution in [3.05, 3.63) is 23.4 Å². The summed E-state index contributed by atoms with van der Waals surface area (Å²) in [6.07, 6.45) is 7.88. The van der Waals surface area contributed by atoms with Crippen molar-refractivity contribution in [3.8, 4) is 0 Å². The molecule has 0 radical (unpaired) electrons. The molecule has 122 valence electrons. The van der Waals surface area contributed by atoms with E-state index in [0.29, 0.717) is 29.2 Å². The van der Waals surface area contributed by atoms with Crippen LogP contribution in [0.15, 0.2) is 12.4 Å². The van der Waals surface area contributed by atoms with Gasteiger partial charge in [0.2, 0.25) is 0 Å². The Hall–Kier alpha value is -2.48. The Labute approximate surface area is 133 Å². The van der Waals surface area contributed by atoms with Crippen LogP contribution in [-0.4, -0.2) is 39.4 Å². The standard InChI is InChI=1S/C15H21N7O/c16-5-9-1-3-10(4-2-9)21-15(23)11-6-19-14-13(11)22(8-17)12(18)7-20-14/h6-10,17-19H,1-5,16H2,(H,21,23)/t9-,10-. The van der Waals surface area contributed by atoms with Crippen molar-refractivity contribution in [2.45, 2.75) is 31.7 Å². The van der Waals surface area contributed by atoms with E-state index in [1.54, 1.807) is 6.20 Å². The molecule has 2 aromatic heterocycles. The van der Waals surface area contributed by atoms with Gasteiger partial charge in [-0.05, 0) is 38.1 Å². The van der Waals surface area contributed by atoms with Gasteiger partial charge in [-0.1, -0.05) is 0 Å². The highest BCUT2D eigenvalue weighted by Gasteiger charge is 2.23. The third-order valence-electron chi connectivity index (χ3n) is 4.54. The van der Waals surface area contributed by atoms with Crippen molar-refractivity contribution < 1.29 is 4.79 Å². The van der Waals surface area contributed by atoms with E-state index >= 15 is 0 Å². The van der Waals surface area contributed by atoms with Gasteiger partial charge in [0.1, 0.15) is 11.0 Å². The lowest BCUT2D eigenvalue weighted by Crippen LogP contribution is -2.38. The number of hydrogen-bond donors (Lipinski definition) is 5. The molecule has 3 rings (SSSR count). The number of nitrogens with one attached hydrogen (secondary N) is 4. The number of fused-ring (bicyclic) bond motifs is 1. The summed E-state index contributed by atoms with van der Waals surface area (Å²) in [6, 6.07) is 0.149. The van der Waals surface area contributed by atoms with Crippen LogP contribution < -0.4 is 16.5 Å². The Morgan fingerprint density at radius 3 is 2.87 bits per heavy atom. The molecule has 1 aliphatic rings. The van der Waals surface area contributed by atoms with Crippen LogP contribution in [0.25, 0.3) is 11.2 Å². The van der Waals surface area contributed by atoms with Crippen molar-refractivity contribution in [2.24, 2.45) is 11.7 Å². The predicted octanol–water partition coefficient (Wildman–Crippen LogP) is 0.546. The average Bonchev–Trinajstić information content (AvgIpc) is 2.99. The number of aromatic amines is 1. The van der Waals surface area contributed by atoms with Gasteiger partial charge in [-0.15, -0.1) is 0 Å². The Balaban J connectivity index is 1.83. The zero-order valence-corrected chi connectivity index (χ0v) is 12.8. The normalized spacial score (nSPS) is 21.3. The molecule has 23 heavy (non-hydrogen) atoms. The number of aromatic nitrogens is 3. The maximum atomic E-state index is 12.6. The monoisotopic (exact) mass is 315 g/mol. The van der Waals surface area contributed by atoms with Crippen LogP contribution in [0.5, 0.6) is 0 Å². The van der Waals surface area contributed by atoms with Gasteiger partial charge in [0, 0.05) is 12.2 Å².